The molecule has 0 aromatic carbocycles. The Morgan fingerprint density at radius 1 is 1.37 bits per heavy atom. The zero-order chi connectivity index (χ0) is 14.3. The van der Waals surface area contributed by atoms with Crippen molar-refractivity contribution in [1.29, 1.82) is 0 Å². The Balaban J connectivity index is 2.19. The van der Waals surface area contributed by atoms with Crippen molar-refractivity contribution in [3.05, 3.63) is 0 Å². The van der Waals surface area contributed by atoms with E-state index in [9.17, 15) is 4.79 Å². The van der Waals surface area contributed by atoms with Gasteiger partial charge in [-0.2, -0.15) is 0 Å². The fourth-order valence-electron chi connectivity index (χ4n) is 2.45. The van der Waals surface area contributed by atoms with Crippen LogP contribution in [0.3, 0.4) is 0 Å². The topological polar surface area (TPSA) is 50.4 Å². The molecule has 2 N–H and O–H groups in total. The highest BCUT2D eigenvalue weighted by Crippen LogP contribution is 2.12. The number of hydrogen-bond acceptors (Lipinski definition) is 4. The molecule has 1 heterocycles. The normalized spacial score (nSPS) is 22.6. The zero-order valence-electron chi connectivity index (χ0n) is 12.9. The summed E-state index contributed by atoms with van der Waals surface area (Å²) < 4.78 is 5.28. The molecule has 4 heteroatoms. The van der Waals surface area contributed by atoms with Crippen LogP contribution in [-0.2, 0) is 9.53 Å². The predicted molar refractivity (Wildman–Crippen MR) is 78.2 cm³/mol. The maximum atomic E-state index is 11.6. The van der Waals surface area contributed by atoms with Crippen molar-refractivity contribution < 1.29 is 9.53 Å². The molecular formula is C15H30N2O2. The van der Waals surface area contributed by atoms with E-state index in [1.807, 2.05) is 20.8 Å². The Kier molecular flexibility index (Phi) is 6.80. The molecule has 0 radical (unpaired) electrons. The zero-order valence-corrected chi connectivity index (χ0v) is 12.9. The van der Waals surface area contributed by atoms with Gasteiger partial charge in [0, 0.05) is 12.1 Å². The van der Waals surface area contributed by atoms with Crippen LogP contribution in [0.2, 0.25) is 0 Å². The van der Waals surface area contributed by atoms with Gasteiger partial charge in [0.05, 0.1) is 6.54 Å². The van der Waals surface area contributed by atoms with E-state index in [0.29, 0.717) is 18.6 Å². The Labute approximate surface area is 117 Å². The summed E-state index contributed by atoms with van der Waals surface area (Å²) in [5.41, 5.74) is -0.398. The molecule has 0 aromatic heterocycles. The molecule has 2 unspecified atom stereocenters. The van der Waals surface area contributed by atoms with Crippen LogP contribution in [0.25, 0.3) is 0 Å². The van der Waals surface area contributed by atoms with E-state index in [2.05, 4.69) is 17.6 Å². The second kappa shape index (κ2) is 7.85. The lowest BCUT2D eigenvalue weighted by molar-refractivity contribution is -0.153. The summed E-state index contributed by atoms with van der Waals surface area (Å²) in [7, 11) is 0. The third-order valence-corrected chi connectivity index (χ3v) is 3.32. The minimum atomic E-state index is -0.398. The summed E-state index contributed by atoms with van der Waals surface area (Å²) in [6, 6.07) is 0.923. The van der Waals surface area contributed by atoms with E-state index in [4.69, 9.17) is 4.74 Å². The lowest BCUT2D eigenvalue weighted by Gasteiger charge is -2.23. The van der Waals surface area contributed by atoms with Gasteiger partial charge in [-0.1, -0.05) is 12.8 Å². The Bertz CT molecular complexity index is 266. The summed E-state index contributed by atoms with van der Waals surface area (Å²) in [6.45, 7) is 9.24. The number of esters is 1. The summed E-state index contributed by atoms with van der Waals surface area (Å²) in [5.74, 6) is -0.173. The fourth-order valence-corrected chi connectivity index (χ4v) is 2.45. The highest BCUT2D eigenvalue weighted by Gasteiger charge is 2.18. The molecule has 1 fully saturated rings. The first kappa shape index (κ1) is 16.4. The Hall–Kier alpha value is -0.610. The lowest BCUT2D eigenvalue weighted by atomic mass is 10.0. The number of carbonyl (C=O) groups excluding carboxylic acids is 1. The predicted octanol–water partition coefficient (Wildman–Crippen LogP) is 2.23. The van der Waals surface area contributed by atoms with Gasteiger partial charge in [0.1, 0.15) is 5.60 Å². The first-order valence-electron chi connectivity index (χ1n) is 7.55. The molecule has 112 valence electrons. The summed E-state index contributed by atoms with van der Waals surface area (Å²) in [5, 5.41) is 6.84. The maximum absolute atomic E-state index is 11.6. The Morgan fingerprint density at radius 3 is 2.79 bits per heavy atom. The monoisotopic (exact) mass is 270 g/mol. The van der Waals surface area contributed by atoms with Crippen molar-refractivity contribution in [2.75, 3.05) is 13.1 Å². The average molecular weight is 270 g/mol. The van der Waals surface area contributed by atoms with Gasteiger partial charge in [-0.25, -0.2) is 0 Å². The van der Waals surface area contributed by atoms with Crippen molar-refractivity contribution in [2.45, 2.75) is 77.5 Å². The molecule has 4 nitrogen and oxygen atoms in total. The van der Waals surface area contributed by atoms with Crippen LogP contribution in [0.5, 0.6) is 0 Å². The van der Waals surface area contributed by atoms with Gasteiger partial charge in [0.2, 0.25) is 0 Å². The van der Waals surface area contributed by atoms with Crippen LogP contribution < -0.4 is 10.6 Å². The Morgan fingerprint density at radius 2 is 2.11 bits per heavy atom. The molecule has 1 aliphatic heterocycles. The standard InChI is InChI=1S/C15H30N2O2/c1-12(10-13-8-6-5-7-9-16-13)17-11-14(18)19-15(2,3)4/h12-13,16-17H,5-11H2,1-4H3. The van der Waals surface area contributed by atoms with Gasteiger partial charge in [-0.3, -0.25) is 4.79 Å². The second-order valence-electron chi connectivity index (χ2n) is 6.60. The molecule has 1 rings (SSSR count). The van der Waals surface area contributed by atoms with Gasteiger partial charge in [0.25, 0.3) is 0 Å². The molecule has 0 saturated carbocycles. The summed E-state index contributed by atoms with van der Waals surface area (Å²) in [4.78, 5) is 11.6. The van der Waals surface area contributed by atoms with Crippen LogP contribution in [0, 0.1) is 0 Å². The van der Waals surface area contributed by atoms with Crippen LogP contribution >= 0.6 is 0 Å². The van der Waals surface area contributed by atoms with E-state index in [1.54, 1.807) is 0 Å². The largest absolute Gasteiger partial charge is 0.459 e. The number of rotatable bonds is 5. The van der Waals surface area contributed by atoms with E-state index in [-0.39, 0.29) is 5.97 Å². The van der Waals surface area contributed by atoms with Crippen LogP contribution in [-0.4, -0.2) is 36.7 Å². The third-order valence-electron chi connectivity index (χ3n) is 3.32. The number of carbonyl (C=O) groups is 1. The third kappa shape index (κ3) is 8.22. The molecule has 19 heavy (non-hydrogen) atoms. The summed E-state index contributed by atoms with van der Waals surface area (Å²) >= 11 is 0. The van der Waals surface area contributed by atoms with Crippen molar-refractivity contribution in [3.8, 4) is 0 Å². The molecule has 0 spiro atoms. The molecule has 0 aromatic rings. The van der Waals surface area contributed by atoms with E-state index < -0.39 is 5.60 Å². The van der Waals surface area contributed by atoms with E-state index in [0.717, 1.165) is 13.0 Å². The molecule has 0 bridgehead atoms. The molecule has 2 atom stereocenters. The van der Waals surface area contributed by atoms with Crippen molar-refractivity contribution in [3.63, 3.8) is 0 Å². The van der Waals surface area contributed by atoms with Gasteiger partial charge in [-0.15, -0.1) is 0 Å². The van der Waals surface area contributed by atoms with Gasteiger partial charge in [-0.05, 0) is 53.5 Å². The molecular weight excluding hydrogens is 240 g/mol. The van der Waals surface area contributed by atoms with Crippen molar-refractivity contribution in [2.24, 2.45) is 0 Å². The van der Waals surface area contributed by atoms with Gasteiger partial charge < -0.3 is 15.4 Å². The number of nitrogens with one attached hydrogen (secondary N) is 2. The molecule has 1 aliphatic rings. The average Bonchev–Trinajstić information content (AvgIpc) is 2.53. The summed E-state index contributed by atoms with van der Waals surface area (Å²) in [6.07, 6.45) is 6.26. The molecule has 0 amide bonds. The second-order valence-corrected chi connectivity index (χ2v) is 6.60. The number of hydrogen-bond donors (Lipinski definition) is 2. The van der Waals surface area contributed by atoms with Gasteiger partial charge >= 0.3 is 5.97 Å². The number of ether oxygens (including phenoxy) is 1. The van der Waals surface area contributed by atoms with Crippen LogP contribution in [0.15, 0.2) is 0 Å². The van der Waals surface area contributed by atoms with Crippen LogP contribution in [0.4, 0.5) is 0 Å². The van der Waals surface area contributed by atoms with Crippen molar-refractivity contribution in [1.82, 2.24) is 10.6 Å². The molecule has 0 aliphatic carbocycles. The van der Waals surface area contributed by atoms with Crippen LogP contribution in [0.1, 0.15) is 59.8 Å². The quantitative estimate of drug-likeness (QED) is 0.752. The minimum absolute atomic E-state index is 0.173. The van der Waals surface area contributed by atoms with E-state index in [1.165, 1.54) is 25.7 Å². The smallest absolute Gasteiger partial charge is 0.320 e. The fraction of sp³-hybridized carbons (Fsp3) is 0.933. The highest BCUT2D eigenvalue weighted by molar-refractivity contribution is 5.72. The SMILES string of the molecule is CC(CC1CCCCCN1)NCC(=O)OC(C)(C)C. The lowest BCUT2D eigenvalue weighted by Crippen LogP contribution is -2.40. The maximum Gasteiger partial charge on any atom is 0.320 e. The molecule has 1 saturated heterocycles. The first-order valence-corrected chi connectivity index (χ1v) is 7.55. The minimum Gasteiger partial charge on any atom is -0.459 e. The van der Waals surface area contributed by atoms with E-state index >= 15 is 0 Å². The van der Waals surface area contributed by atoms with Crippen molar-refractivity contribution >= 4 is 5.97 Å². The van der Waals surface area contributed by atoms with Gasteiger partial charge in [0.15, 0.2) is 0 Å². The first-order chi connectivity index (χ1) is 8.87. The highest BCUT2D eigenvalue weighted by atomic mass is 16.6.